The lowest BCUT2D eigenvalue weighted by Crippen LogP contribution is -2.51. The fraction of sp³-hybridized carbons (Fsp3) is 0.240. The molecular formula is C25H25N5O4S. The van der Waals surface area contributed by atoms with Crippen LogP contribution in [0.5, 0.6) is 5.75 Å². The molecule has 3 aromatic rings. The van der Waals surface area contributed by atoms with Crippen molar-refractivity contribution in [2.24, 2.45) is 0 Å². The first-order valence-corrected chi connectivity index (χ1v) is 12.0. The van der Waals surface area contributed by atoms with Crippen LogP contribution in [0.4, 0.5) is 5.69 Å². The Kier molecular flexibility index (Phi) is 7.31. The fourth-order valence-electron chi connectivity index (χ4n) is 3.56. The molecule has 4 rings (SSSR count). The molecular weight excluding hydrogens is 466 g/mol. The van der Waals surface area contributed by atoms with E-state index in [0.29, 0.717) is 27.9 Å². The van der Waals surface area contributed by atoms with E-state index < -0.39 is 17.9 Å². The first kappa shape index (κ1) is 24.2. The van der Waals surface area contributed by atoms with Crippen LogP contribution in [0, 0.1) is 13.8 Å². The Labute approximate surface area is 207 Å². The number of ether oxygens (including phenoxy) is 1. The van der Waals surface area contributed by atoms with Crippen molar-refractivity contribution in [3.8, 4) is 5.75 Å². The molecule has 0 bridgehead atoms. The van der Waals surface area contributed by atoms with Gasteiger partial charge < -0.3 is 4.74 Å². The number of nitrogens with one attached hydrogen (secondary N) is 2. The summed E-state index contributed by atoms with van der Waals surface area (Å²) in [6.45, 7) is 5.24. The Morgan fingerprint density at radius 1 is 1.03 bits per heavy atom. The predicted molar refractivity (Wildman–Crippen MR) is 132 cm³/mol. The van der Waals surface area contributed by atoms with Gasteiger partial charge in [-0.2, -0.15) is 0 Å². The molecule has 180 valence electrons. The molecule has 1 unspecified atom stereocenters. The number of nitrogens with zero attached hydrogens (tertiary/aromatic N) is 3. The Morgan fingerprint density at radius 3 is 2.43 bits per heavy atom. The lowest BCUT2D eigenvalue weighted by Gasteiger charge is -2.32. The minimum atomic E-state index is -0.703. The van der Waals surface area contributed by atoms with Crippen molar-refractivity contribution < 1.29 is 19.1 Å². The number of amides is 3. The van der Waals surface area contributed by atoms with Crippen LogP contribution in [0.2, 0.25) is 0 Å². The van der Waals surface area contributed by atoms with E-state index in [1.54, 1.807) is 43.3 Å². The molecule has 1 aliphatic heterocycles. The van der Waals surface area contributed by atoms with Crippen molar-refractivity contribution in [3.05, 3.63) is 77.1 Å². The zero-order chi connectivity index (χ0) is 24.9. The summed E-state index contributed by atoms with van der Waals surface area (Å²) in [5, 5.41) is 0.711. The molecule has 0 spiro atoms. The Balaban J connectivity index is 1.30. The fourth-order valence-corrected chi connectivity index (χ4v) is 4.47. The zero-order valence-corrected chi connectivity index (χ0v) is 20.4. The first-order chi connectivity index (χ1) is 16.8. The molecule has 9 nitrogen and oxygen atoms in total. The van der Waals surface area contributed by atoms with E-state index in [1.807, 2.05) is 32.0 Å². The van der Waals surface area contributed by atoms with Crippen LogP contribution >= 0.6 is 11.8 Å². The minimum absolute atomic E-state index is 0.250. The quantitative estimate of drug-likeness (QED) is 0.310. The van der Waals surface area contributed by atoms with Crippen molar-refractivity contribution >= 4 is 35.2 Å². The highest BCUT2D eigenvalue weighted by Gasteiger charge is 2.32. The summed E-state index contributed by atoms with van der Waals surface area (Å²) in [6.07, 6.45) is -0.703. The van der Waals surface area contributed by atoms with E-state index in [4.69, 9.17) is 4.74 Å². The average Bonchev–Trinajstić information content (AvgIpc) is 2.84. The molecule has 1 aliphatic rings. The second-order valence-corrected chi connectivity index (χ2v) is 9.02. The van der Waals surface area contributed by atoms with E-state index in [2.05, 4.69) is 20.8 Å². The van der Waals surface area contributed by atoms with E-state index >= 15 is 0 Å². The van der Waals surface area contributed by atoms with Gasteiger partial charge in [0.2, 0.25) is 0 Å². The molecule has 35 heavy (non-hydrogen) atoms. The first-order valence-electron chi connectivity index (χ1n) is 11.0. The summed E-state index contributed by atoms with van der Waals surface area (Å²) in [5.41, 5.74) is 8.53. The number of anilines is 1. The number of fused-ring (bicyclic) bond motifs is 1. The predicted octanol–water partition coefficient (Wildman–Crippen LogP) is 2.96. The Bertz CT molecular complexity index is 1240. The van der Waals surface area contributed by atoms with Crippen LogP contribution in [-0.2, 0) is 15.3 Å². The van der Waals surface area contributed by atoms with Crippen LogP contribution in [0.3, 0.4) is 0 Å². The zero-order valence-electron chi connectivity index (χ0n) is 19.6. The standard InChI is InChI=1S/C25H25N5O4S/c1-15-12-16(2)27-25(26-15)35-14-18-8-10-19(11-9-18)23(32)29-28-22(31)13-30-20-6-4-5-7-21(20)34-17(3)24(30)33/h4-12,17H,13-14H2,1-3H3,(H,28,31)(H,29,32). The van der Waals surface area contributed by atoms with Crippen LogP contribution in [-0.4, -0.2) is 40.3 Å². The molecule has 1 atom stereocenters. The van der Waals surface area contributed by atoms with Gasteiger partial charge in [-0.25, -0.2) is 9.97 Å². The van der Waals surface area contributed by atoms with E-state index in [9.17, 15) is 14.4 Å². The second-order valence-electron chi connectivity index (χ2n) is 8.07. The number of benzene rings is 2. The SMILES string of the molecule is Cc1cc(C)nc(SCc2ccc(C(=O)NNC(=O)CN3C(=O)C(C)Oc4ccccc43)cc2)n1. The van der Waals surface area contributed by atoms with E-state index in [1.165, 1.54) is 16.7 Å². The minimum Gasteiger partial charge on any atom is -0.479 e. The van der Waals surface area contributed by atoms with Gasteiger partial charge in [0.1, 0.15) is 12.3 Å². The number of rotatable bonds is 6. The number of aromatic nitrogens is 2. The highest BCUT2D eigenvalue weighted by molar-refractivity contribution is 7.98. The van der Waals surface area contributed by atoms with Crippen LogP contribution in [0.25, 0.3) is 0 Å². The molecule has 0 saturated carbocycles. The molecule has 0 radical (unpaired) electrons. The number of carbonyl (C=O) groups excluding carboxylic acids is 3. The monoisotopic (exact) mass is 491 g/mol. The van der Waals surface area contributed by atoms with Gasteiger partial charge >= 0.3 is 0 Å². The molecule has 3 amide bonds. The normalized spacial score (nSPS) is 14.7. The summed E-state index contributed by atoms with van der Waals surface area (Å²) in [7, 11) is 0. The number of thioether (sulfide) groups is 1. The third kappa shape index (κ3) is 5.96. The molecule has 0 saturated heterocycles. The van der Waals surface area contributed by atoms with Crippen molar-refractivity contribution in [1.82, 2.24) is 20.8 Å². The maximum Gasteiger partial charge on any atom is 0.269 e. The van der Waals surface area contributed by atoms with Crippen molar-refractivity contribution in [2.75, 3.05) is 11.4 Å². The van der Waals surface area contributed by atoms with Crippen molar-refractivity contribution in [1.29, 1.82) is 0 Å². The number of hydrogen-bond donors (Lipinski definition) is 2. The van der Waals surface area contributed by atoms with Gasteiger partial charge in [-0.05, 0) is 56.7 Å². The van der Waals surface area contributed by atoms with Crippen LogP contribution in [0.15, 0.2) is 59.8 Å². The van der Waals surface area contributed by atoms with Crippen molar-refractivity contribution in [3.63, 3.8) is 0 Å². The van der Waals surface area contributed by atoms with Gasteiger partial charge in [0.25, 0.3) is 17.7 Å². The molecule has 2 heterocycles. The average molecular weight is 492 g/mol. The summed E-state index contributed by atoms with van der Waals surface area (Å²) in [4.78, 5) is 47.6. The summed E-state index contributed by atoms with van der Waals surface area (Å²) in [5.74, 6) is -0.132. The topological polar surface area (TPSA) is 114 Å². The lowest BCUT2D eigenvalue weighted by atomic mass is 10.1. The van der Waals surface area contributed by atoms with Gasteiger partial charge in [0.15, 0.2) is 11.3 Å². The highest BCUT2D eigenvalue weighted by atomic mass is 32.2. The number of hydrogen-bond acceptors (Lipinski definition) is 7. The molecule has 2 N–H and O–H groups in total. The maximum atomic E-state index is 12.5. The van der Waals surface area contributed by atoms with Crippen LogP contribution in [0.1, 0.15) is 34.2 Å². The van der Waals surface area contributed by atoms with Gasteiger partial charge in [0.05, 0.1) is 5.69 Å². The summed E-state index contributed by atoms with van der Waals surface area (Å²) in [6, 6.07) is 16.0. The molecule has 2 aromatic carbocycles. The number of hydrazine groups is 1. The lowest BCUT2D eigenvalue weighted by molar-refractivity contribution is -0.128. The number of carbonyl (C=O) groups is 3. The largest absolute Gasteiger partial charge is 0.479 e. The van der Waals surface area contributed by atoms with Gasteiger partial charge in [-0.1, -0.05) is 36.0 Å². The van der Waals surface area contributed by atoms with Crippen LogP contribution < -0.4 is 20.5 Å². The third-order valence-electron chi connectivity index (χ3n) is 5.24. The Hall–Kier alpha value is -3.92. The third-order valence-corrected chi connectivity index (χ3v) is 6.16. The Morgan fingerprint density at radius 2 is 1.71 bits per heavy atom. The van der Waals surface area contributed by atoms with Gasteiger partial charge in [0, 0.05) is 22.7 Å². The van der Waals surface area contributed by atoms with Gasteiger partial charge in [-0.3, -0.25) is 30.1 Å². The smallest absolute Gasteiger partial charge is 0.269 e. The van der Waals surface area contributed by atoms with E-state index in [0.717, 1.165) is 17.0 Å². The summed E-state index contributed by atoms with van der Waals surface area (Å²) < 4.78 is 5.57. The number of para-hydroxylation sites is 2. The van der Waals surface area contributed by atoms with E-state index in [-0.39, 0.29) is 12.5 Å². The molecule has 1 aromatic heterocycles. The van der Waals surface area contributed by atoms with Gasteiger partial charge in [-0.15, -0.1) is 0 Å². The summed E-state index contributed by atoms with van der Waals surface area (Å²) >= 11 is 1.52. The van der Waals surface area contributed by atoms with Crippen molar-refractivity contribution in [2.45, 2.75) is 37.8 Å². The second kappa shape index (κ2) is 10.6. The molecule has 0 fully saturated rings. The number of aryl methyl sites for hydroxylation is 2. The maximum absolute atomic E-state index is 12.5. The molecule has 10 heteroatoms. The molecule has 0 aliphatic carbocycles. The highest BCUT2D eigenvalue weighted by Crippen LogP contribution is 2.33.